The van der Waals surface area contributed by atoms with Crippen LogP contribution in [0.5, 0.6) is 0 Å². The summed E-state index contributed by atoms with van der Waals surface area (Å²) in [6.45, 7) is 6.73. The van der Waals surface area contributed by atoms with Crippen LogP contribution in [0, 0.1) is 28.6 Å². The second-order valence-electron chi connectivity index (χ2n) is 9.79. The number of aliphatic hydroxyl groups is 2. The smallest absolute Gasteiger partial charge is 0.151 e. The molecule has 3 saturated carbocycles. The van der Waals surface area contributed by atoms with E-state index in [0.29, 0.717) is 29.2 Å². The maximum Gasteiger partial charge on any atom is 0.151 e. The van der Waals surface area contributed by atoms with Gasteiger partial charge in [0.15, 0.2) is 5.69 Å². The van der Waals surface area contributed by atoms with Gasteiger partial charge in [0.1, 0.15) is 12.0 Å². The summed E-state index contributed by atoms with van der Waals surface area (Å²) in [5, 5.41) is 25.9. The molecule has 0 radical (unpaired) electrons. The van der Waals surface area contributed by atoms with Gasteiger partial charge in [-0.1, -0.05) is 19.0 Å². The molecule has 2 N–H and O–H groups in total. The van der Waals surface area contributed by atoms with E-state index in [4.69, 9.17) is 4.52 Å². The van der Waals surface area contributed by atoms with Crippen LogP contribution in [-0.2, 0) is 6.42 Å². The van der Waals surface area contributed by atoms with E-state index in [0.717, 1.165) is 50.5 Å². The first-order valence-electron chi connectivity index (χ1n) is 9.86. The highest BCUT2D eigenvalue weighted by molar-refractivity contribution is 5.66. The zero-order valence-electron chi connectivity index (χ0n) is 15.5. The van der Waals surface area contributed by atoms with Crippen LogP contribution in [0.25, 0.3) is 5.76 Å². The van der Waals surface area contributed by atoms with Crippen LogP contribution in [0.3, 0.4) is 0 Å². The van der Waals surface area contributed by atoms with Crippen LogP contribution in [0.2, 0.25) is 0 Å². The van der Waals surface area contributed by atoms with Gasteiger partial charge in [0.25, 0.3) is 0 Å². The van der Waals surface area contributed by atoms with Gasteiger partial charge in [-0.3, -0.25) is 0 Å². The number of fused-ring (bicyclic) bond motifs is 6. The molecule has 1 heterocycles. The third-order valence-electron chi connectivity index (χ3n) is 8.95. The first-order chi connectivity index (χ1) is 11.8. The molecule has 0 aromatic carbocycles. The Hall–Kier alpha value is -1.29. The summed E-state index contributed by atoms with van der Waals surface area (Å²) < 4.78 is 5.16. The molecule has 0 spiro atoms. The lowest BCUT2D eigenvalue weighted by atomic mass is 9.46. The Bertz CT molecular complexity index is 763. The van der Waals surface area contributed by atoms with Gasteiger partial charge in [0.2, 0.25) is 0 Å². The molecule has 5 rings (SSSR count). The fourth-order valence-electron chi connectivity index (χ4n) is 7.29. The van der Waals surface area contributed by atoms with E-state index < -0.39 is 5.60 Å². The minimum atomic E-state index is -0.532. The van der Waals surface area contributed by atoms with E-state index in [-0.39, 0.29) is 10.8 Å². The second-order valence-corrected chi connectivity index (χ2v) is 9.79. The van der Waals surface area contributed by atoms with Gasteiger partial charge in [-0.05, 0) is 86.0 Å². The number of rotatable bonds is 0. The highest BCUT2D eigenvalue weighted by Gasteiger charge is 2.62. The van der Waals surface area contributed by atoms with Crippen molar-refractivity contribution in [3.05, 3.63) is 23.1 Å². The molecule has 2 unspecified atom stereocenters. The third kappa shape index (κ3) is 1.79. The lowest BCUT2D eigenvalue weighted by Gasteiger charge is -2.58. The highest BCUT2D eigenvalue weighted by Crippen LogP contribution is 2.67. The van der Waals surface area contributed by atoms with Crippen molar-refractivity contribution in [2.45, 2.75) is 71.3 Å². The summed E-state index contributed by atoms with van der Waals surface area (Å²) in [6.07, 6.45) is 9.01. The predicted molar refractivity (Wildman–Crippen MR) is 94.8 cm³/mol. The standard InChI is InChI=1S/C21H29NO3/c1-19-10-12-11-25-22-17(12)18(23)16(19)5-4-13-14(19)6-8-20(2)15(13)7-9-21(20,3)24/h11,13-15,23-24H,4-10H2,1-3H3/t13-,14?,15?,19-,20+,21+/m1/s1. The Morgan fingerprint density at radius 1 is 1.12 bits per heavy atom. The summed E-state index contributed by atoms with van der Waals surface area (Å²) in [5.74, 6) is 2.21. The molecule has 25 heavy (non-hydrogen) atoms. The molecule has 6 atom stereocenters. The molecule has 0 amide bonds. The summed E-state index contributed by atoms with van der Waals surface area (Å²) in [7, 11) is 0. The minimum Gasteiger partial charge on any atom is -0.506 e. The van der Waals surface area contributed by atoms with Crippen molar-refractivity contribution >= 4 is 5.76 Å². The molecule has 4 aliphatic rings. The van der Waals surface area contributed by atoms with Gasteiger partial charge in [0, 0.05) is 5.56 Å². The SMILES string of the molecule is C[C@]12Cc3conc3C(O)=C1CC[C@@H]1C2CC[C@@]2(C)C1CC[C@]2(C)O. The lowest BCUT2D eigenvalue weighted by Crippen LogP contribution is -2.54. The van der Waals surface area contributed by atoms with Gasteiger partial charge in [-0.2, -0.15) is 0 Å². The molecule has 4 heteroatoms. The topological polar surface area (TPSA) is 66.5 Å². The quantitative estimate of drug-likeness (QED) is 0.728. The first kappa shape index (κ1) is 15.9. The van der Waals surface area contributed by atoms with Crippen molar-refractivity contribution < 1.29 is 14.7 Å². The normalized spacial score (nSPS) is 48.6. The minimum absolute atomic E-state index is 0.00132. The Kier molecular flexibility index (Phi) is 3.00. The lowest BCUT2D eigenvalue weighted by molar-refractivity contribution is -0.116. The number of allylic oxidation sites excluding steroid dienone is 1. The third-order valence-corrected chi connectivity index (χ3v) is 8.95. The van der Waals surface area contributed by atoms with Gasteiger partial charge in [0.05, 0.1) is 5.60 Å². The largest absolute Gasteiger partial charge is 0.506 e. The average molecular weight is 343 g/mol. The number of hydrogen-bond donors (Lipinski definition) is 2. The van der Waals surface area contributed by atoms with Gasteiger partial charge < -0.3 is 14.7 Å². The molecule has 1 aromatic rings. The molecule has 3 fully saturated rings. The zero-order chi connectivity index (χ0) is 17.6. The van der Waals surface area contributed by atoms with Crippen LogP contribution >= 0.6 is 0 Å². The Morgan fingerprint density at radius 2 is 1.88 bits per heavy atom. The van der Waals surface area contributed by atoms with E-state index >= 15 is 0 Å². The summed E-state index contributed by atoms with van der Waals surface area (Å²) in [6, 6.07) is 0. The van der Waals surface area contributed by atoms with Crippen LogP contribution in [0.4, 0.5) is 0 Å². The number of nitrogens with zero attached hydrogens (tertiary/aromatic N) is 1. The van der Waals surface area contributed by atoms with E-state index in [1.165, 1.54) is 5.57 Å². The Balaban J connectivity index is 1.57. The monoisotopic (exact) mass is 343 g/mol. The number of aromatic nitrogens is 1. The Morgan fingerprint density at radius 3 is 2.68 bits per heavy atom. The van der Waals surface area contributed by atoms with Gasteiger partial charge in [-0.25, -0.2) is 0 Å². The molecule has 0 aliphatic heterocycles. The average Bonchev–Trinajstić information content (AvgIpc) is 3.10. The highest BCUT2D eigenvalue weighted by atomic mass is 16.5. The molecule has 0 saturated heterocycles. The van der Waals surface area contributed by atoms with Gasteiger partial charge >= 0.3 is 0 Å². The first-order valence-corrected chi connectivity index (χ1v) is 9.86. The van der Waals surface area contributed by atoms with Crippen molar-refractivity contribution in [2.75, 3.05) is 0 Å². The molecule has 0 bridgehead atoms. The molecular formula is C21H29NO3. The number of aliphatic hydroxyl groups excluding tert-OH is 1. The zero-order valence-corrected chi connectivity index (χ0v) is 15.5. The molecule has 4 nitrogen and oxygen atoms in total. The van der Waals surface area contributed by atoms with Crippen LogP contribution in [0.15, 0.2) is 16.4 Å². The summed E-state index contributed by atoms with van der Waals surface area (Å²) >= 11 is 0. The fraction of sp³-hybridized carbons (Fsp3) is 0.762. The van der Waals surface area contributed by atoms with E-state index in [1.807, 2.05) is 0 Å². The van der Waals surface area contributed by atoms with Crippen molar-refractivity contribution in [3.63, 3.8) is 0 Å². The van der Waals surface area contributed by atoms with Crippen LogP contribution < -0.4 is 0 Å². The maximum atomic E-state index is 11.0. The maximum absolute atomic E-state index is 11.0. The predicted octanol–water partition coefficient (Wildman–Crippen LogP) is 4.49. The Labute approximate surface area is 149 Å². The van der Waals surface area contributed by atoms with Crippen molar-refractivity contribution in [3.8, 4) is 0 Å². The molecule has 1 aromatic heterocycles. The van der Waals surface area contributed by atoms with Crippen molar-refractivity contribution in [1.82, 2.24) is 5.16 Å². The van der Waals surface area contributed by atoms with E-state index in [1.54, 1.807) is 6.26 Å². The fourth-order valence-corrected chi connectivity index (χ4v) is 7.29. The molecule has 4 aliphatic carbocycles. The van der Waals surface area contributed by atoms with Crippen LogP contribution in [0.1, 0.15) is 70.6 Å². The van der Waals surface area contributed by atoms with Crippen LogP contribution in [-0.4, -0.2) is 21.0 Å². The number of hydrogen-bond acceptors (Lipinski definition) is 4. The second kappa shape index (κ2) is 4.70. The summed E-state index contributed by atoms with van der Waals surface area (Å²) in [4.78, 5) is 0. The molecule has 136 valence electrons. The molecular weight excluding hydrogens is 314 g/mol. The van der Waals surface area contributed by atoms with E-state index in [2.05, 4.69) is 25.9 Å². The van der Waals surface area contributed by atoms with E-state index in [9.17, 15) is 10.2 Å². The van der Waals surface area contributed by atoms with Crippen molar-refractivity contribution in [1.29, 1.82) is 0 Å². The summed E-state index contributed by atoms with van der Waals surface area (Å²) in [5.41, 5.74) is 2.43. The van der Waals surface area contributed by atoms with Gasteiger partial charge in [-0.15, -0.1) is 0 Å². The van der Waals surface area contributed by atoms with Crippen molar-refractivity contribution in [2.24, 2.45) is 28.6 Å².